The minimum Gasteiger partial charge on any atom is -0.467 e. The van der Waals surface area contributed by atoms with Gasteiger partial charge in [-0.15, -0.1) is 11.3 Å². The number of aromatic nitrogens is 1. The molecule has 0 aromatic carbocycles. The summed E-state index contributed by atoms with van der Waals surface area (Å²) in [5.41, 5.74) is 0.503. The lowest BCUT2D eigenvalue weighted by atomic mass is 9.91. The van der Waals surface area contributed by atoms with Gasteiger partial charge < -0.3 is 14.1 Å². The van der Waals surface area contributed by atoms with Gasteiger partial charge in [-0.05, 0) is 30.9 Å². The number of likely N-dealkylation sites (tertiary alicyclic amines) is 1. The number of hydrogen-bond acceptors (Lipinski definition) is 5. The van der Waals surface area contributed by atoms with E-state index >= 15 is 0 Å². The molecule has 5 nitrogen and oxygen atoms in total. The number of nitrogens with zero attached hydrogens (tertiary/aromatic N) is 2. The fourth-order valence-electron chi connectivity index (χ4n) is 2.88. The van der Waals surface area contributed by atoms with Gasteiger partial charge in [-0.25, -0.2) is 4.98 Å². The fourth-order valence-corrected chi connectivity index (χ4v) is 3.62. The van der Waals surface area contributed by atoms with Crippen LogP contribution in [0.4, 0.5) is 0 Å². The summed E-state index contributed by atoms with van der Waals surface area (Å²) in [4.78, 5) is 19.1. The summed E-state index contributed by atoms with van der Waals surface area (Å²) in [6.45, 7) is 3.40. The predicted octanol–water partition coefficient (Wildman–Crippen LogP) is 3.50. The molecule has 6 heteroatoms. The zero-order valence-electron chi connectivity index (χ0n) is 12.8. The number of hydrogen-bond donors (Lipinski definition) is 0. The van der Waals surface area contributed by atoms with Gasteiger partial charge in [-0.1, -0.05) is 6.92 Å². The first-order valence-corrected chi connectivity index (χ1v) is 8.34. The summed E-state index contributed by atoms with van der Waals surface area (Å²) in [5, 5.41) is 2.64. The number of carbonyl (C=O) groups is 1. The minimum atomic E-state index is -0.0214. The van der Waals surface area contributed by atoms with Crippen molar-refractivity contribution in [2.45, 2.75) is 32.4 Å². The highest BCUT2D eigenvalue weighted by atomic mass is 32.1. The number of ether oxygens (including phenoxy) is 1. The summed E-state index contributed by atoms with van der Waals surface area (Å²) < 4.78 is 10.6. The van der Waals surface area contributed by atoms with Gasteiger partial charge in [0, 0.05) is 19.0 Å². The molecular weight excluding hydrogens is 300 g/mol. The van der Waals surface area contributed by atoms with Crippen LogP contribution >= 0.6 is 11.3 Å². The van der Waals surface area contributed by atoms with Crippen molar-refractivity contribution in [2.75, 3.05) is 13.7 Å². The highest BCUT2D eigenvalue weighted by Gasteiger charge is 2.34. The highest BCUT2D eigenvalue weighted by molar-refractivity contribution is 7.09. The molecule has 118 valence electrons. The molecule has 2 aromatic heterocycles. The van der Waals surface area contributed by atoms with Gasteiger partial charge in [0.15, 0.2) is 0 Å². The second-order valence-corrected chi connectivity index (χ2v) is 6.66. The monoisotopic (exact) mass is 320 g/mol. The second-order valence-electron chi connectivity index (χ2n) is 5.72. The summed E-state index contributed by atoms with van der Waals surface area (Å²) >= 11 is 1.46. The van der Waals surface area contributed by atoms with Crippen LogP contribution in [0, 0.1) is 5.92 Å². The van der Waals surface area contributed by atoms with Gasteiger partial charge in [-0.3, -0.25) is 4.79 Å². The number of thiazole rings is 1. The minimum absolute atomic E-state index is 0.00109. The molecule has 0 spiro atoms. The molecule has 1 amide bonds. The molecule has 22 heavy (non-hydrogen) atoms. The average molecular weight is 320 g/mol. The summed E-state index contributed by atoms with van der Waals surface area (Å²) in [5.74, 6) is 1.41. The smallest absolute Gasteiger partial charge is 0.273 e. The Kier molecular flexibility index (Phi) is 4.59. The van der Waals surface area contributed by atoms with Gasteiger partial charge >= 0.3 is 0 Å². The van der Waals surface area contributed by atoms with Crippen LogP contribution in [0.2, 0.25) is 0 Å². The van der Waals surface area contributed by atoms with Crippen molar-refractivity contribution < 1.29 is 13.9 Å². The van der Waals surface area contributed by atoms with E-state index in [-0.39, 0.29) is 11.9 Å². The number of amides is 1. The highest BCUT2D eigenvalue weighted by Crippen LogP contribution is 2.35. The van der Waals surface area contributed by atoms with E-state index in [0.29, 0.717) is 18.2 Å². The Morgan fingerprint density at radius 1 is 1.59 bits per heavy atom. The quantitative estimate of drug-likeness (QED) is 0.865. The van der Waals surface area contributed by atoms with Crippen molar-refractivity contribution in [1.29, 1.82) is 0 Å². The van der Waals surface area contributed by atoms with Gasteiger partial charge in [0.25, 0.3) is 5.91 Å². The van der Waals surface area contributed by atoms with Crippen molar-refractivity contribution in [2.24, 2.45) is 5.92 Å². The molecule has 2 aromatic rings. The van der Waals surface area contributed by atoms with Gasteiger partial charge in [0.1, 0.15) is 16.5 Å². The molecule has 0 saturated carbocycles. The van der Waals surface area contributed by atoms with E-state index in [1.54, 1.807) is 13.4 Å². The molecule has 1 saturated heterocycles. The topological polar surface area (TPSA) is 55.6 Å². The van der Waals surface area contributed by atoms with Crippen LogP contribution in [-0.2, 0) is 11.3 Å². The fraction of sp³-hybridized carbons (Fsp3) is 0.500. The largest absolute Gasteiger partial charge is 0.467 e. The maximum absolute atomic E-state index is 12.8. The Balaban J connectivity index is 1.82. The molecule has 3 heterocycles. The molecule has 0 radical (unpaired) electrons. The lowest BCUT2D eigenvalue weighted by Gasteiger charge is -2.37. The van der Waals surface area contributed by atoms with Crippen LogP contribution in [0.15, 0.2) is 28.2 Å². The number of piperidine rings is 1. The molecular formula is C16H20N2O3S. The van der Waals surface area contributed by atoms with Crippen molar-refractivity contribution >= 4 is 17.2 Å². The first-order valence-electron chi connectivity index (χ1n) is 7.46. The number of methoxy groups -OCH3 is 1. The molecule has 3 rings (SSSR count). The third-order valence-corrected chi connectivity index (χ3v) is 4.86. The van der Waals surface area contributed by atoms with E-state index in [2.05, 4.69) is 11.9 Å². The van der Waals surface area contributed by atoms with Crippen LogP contribution in [0.1, 0.15) is 47.1 Å². The van der Waals surface area contributed by atoms with Crippen LogP contribution in [-0.4, -0.2) is 29.4 Å². The van der Waals surface area contributed by atoms with Crippen LogP contribution < -0.4 is 0 Å². The summed E-state index contributed by atoms with van der Waals surface area (Å²) in [6, 6.07) is 3.82. The van der Waals surface area contributed by atoms with Crippen molar-refractivity contribution in [3.63, 3.8) is 0 Å². The lowest BCUT2D eigenvalue weighted by Crippen LogP contribution is -2.40. The summed E-state index contributed by atoms with van der Waals surface area (Å²) in [6.07, 6.45) is 3.60. The molecule has 0 aliphatic carbocycles. The maximum atomic E-state index is 12.8. The number of carbonyl (C=O) groups excluding carboxylic acids is 1. The standard InChI is InChI=1S/C16H20N2O3S/c1-11-5-6-18(13(8-11)14-4-3-7-21-14)16(19)12-10-22-15(17-12)9-20-2/h3-4,7,10-11,13H,5-6,8-9H2,1-2H3/t11-,13-/m1/s1. The van der Waals surface area contributed by atoms with Crippen LogP contribution in [0.5, 0.6) is 0 Å². The maximum Gasteiger partial charge on any atom is 0.273 e. The third-order valence-electron chi connectivity index (χ3n) is 4.04. The molecule has 1 aliphatic rings. The number of rotatable bonds is 4. The first kappa shape index (κ1) is 15.2. The zero-order chi connectivity index (χ0) is 15.5. The van der Waals surface area contributed by atoms with E-state index in [1.165, 1.54) is 11.3 Å². The van der Waals surface area contributed by atoms with Crippen molar-refractivity contribution in [1.82, 2.24) is 9.88 Å². The zero-order valence-corrected chi connectivity index (χ0v) is 13.6. The molecule has 1 aliphatic heterocycles. The Bertz CT molecular complexity index is 623. The van der Waals surface area contributed by atoms with E-state index < -0.39 is 0 Å². The SMILES string of the molecule is COCc1nc(C(=O)N2CC[C@@H](C)C[C@@H]2c2ccco2)cs1. The number of furan rings is 1. The van der Waals surface area contributed by atoms with Gasteiger partial charge in [0.2, 0.25) is 0 Å². The van der Waals surface area contributed by atoms with E-state index in [1.807, 2.05) is 22.4 Å². The van der Waals surface area contributed by atoms with E-state index in [4.69, 9.17) is 9.15 Å². The predicted molar refractivity (Wildman–Crippen MR) is 83.7 cm³/mol. The van der Waals surface area contributed by atoms with E-state index in [9.17, 15) is 4.79 Å². The van der Waals surface area contributed by atoms with Crippen LogP contribution in [0.3, 0.4) is 0 Å². The molecule has 0 bridgehead atoms. The van der Waals surface area contributed by atoms with Crippen molar-refractivity contribution in [3.05, 3.63) is 40.2 Å². The average Bonchev–Trinajstić information content (AvgIpc) is 3.18. The van der Waals surface area contributed by atoms with Gasteiger partial charge in [0.05, 0.1) is 18.9 Å². The van der Waals surface area contributed by atoms with Crippen LogP contribution in [0.25, 0.3) is 0 Å². The Labute approximate surface area is 133 Å². The lowest BCUT2D eigenvalue weighted by molar-refractivity contribution is 0.0515. The molecule has 0 N–H and O–H groups in total. The Morgan fingerprint density at radius 3 is 3.18 bits per heavy atom. The second kappa shape index (κ2) is 6.62. The Hall–Kier alpha value is -1.66. The first-order chi connectivity index (χ1) is 10.7. The molecule has 2 atom stereocenters. The third kappa shape index (κ3) is 3.08. The summed E-state index contributed by atoms with van der Waals surface area (Å²) in [7, 11) is 1.63. The van der Waals surface area contributed by atoms with Gasteiger partial charge in [-0.2, -0.15) is 0 Å². The normalized spacial score (nSPS) is 22.0. The Morgan fingerprint density at radius 2 is 2.45 bits per heavy atom. The molecule has 1 fully saturated rings. The van der Waals surface area contributed by atoms with E-state index in [0.717, 1.165) is 30.2 Å². The molecule has 0 unspecified atom stereocenters. The van der Waals surface area contributed by atoms with Crippen molar-refractivity contribution in [3.8, 4) is 0 Å².